The Morgan fingerprint density at radius 2 is 1.57 bits per heavy atom. The smallest absolute Gasteiger partial charge is 0.120 e. The van der Waals surface area contributed by atoms with Crippen LogP contribution in [0.3, 0.4) is 0 Å². The number of dihydropyridines is 1. The Labute approximate surface area is 122 Å². The number of benzene rings is 1. The zero-order valence-corrected chi connectivity index (χ0v) is 11.6. The summed E-state index contributed by atoms with van der Waals surface area (Å²) in [5, 5.41) is 41.2. The molecule has 108 valence electrons. The summed E-state index contributed by atoms with van der Waals surface area (Å²) in [6, 6.07) is 8.22. The third kappa shape index (κ3) is 2.66. The first kappa shape index (κ1) is 16.1. The van der Waals surface area contributed by atoms with Crippen molar-refractivity contribution in [3.8, 4) is 23.6 Å². The number of nitrogens with zero attached hydrogens (tertiary/aromatic N) is 2. The molecular weight excluding hydrogens is 270 g/mol. The number of phenolic OH excluding ortho intramolecular Hbond substituents is 2. The van der Waals surface area contributed by atoms with Gasteiger partial charge in [-0.3, -0.25) is 0 Å². The summed E-state index contributed by atoms with van der Waals surface area (Å²) in [5.41, 5.74) is 2.33. The van der Waals surface area contributed by atoms with Crippen LogP contribution in [-0.4, -0.2) is 15.7 Å². The van der Waals surface area contributed by atoms with Crippen molar-refractivity contribution < 1.29 is 15.7 Å². The second-order valence-corrected chi connectivity index (χ2v) is 4.60. The normalized spacial score (nSPS) is 14.9. The van der Waals surface area contributed by atoms with E-state index in [1.165, 1.54) is 18.2 Å². The number of hydrogen-bond donors (Lipinski definition) is 3. The monoisotopic (exact) mass is 285 g/mol. The second kappa shape index (κ2) is 6.00. The predicted molar refractivity (Wildman–Crippen MR) is 75.9 cm³/mol. The number of hydrogen-bond acceptors (Lipinski definition) is 5. The first-order valence-corrected chi connectivity index (χ1v) is 6.00. The highest BCUT2D eigenvalue weighted by molar-refractivity contribution is 5.58. The molecule has 0 saturated heterocycles. The van der Waals surface area contributed by atoms with Crippen LogP contribution in [0, 0.1) is 22.7 Å². The molecule has 5 N–H and O–H groups in total. The van der Waals surface area contributed by atoms with Gasteiger partial charge in [-0.1, -0.05) is 0 Å². The molecule has 21 heavy (non-hydrogen) atoms. The Hall–Kier alpha value is -2.96. The van der Waals surface area contributed by atoms with E-state index in [2.05, 4.69) is 17.5 Å². The molecule has 0 radical (unpaired) electrons. The molecule has 0 unspecified atom stereocenters. The quantitative estimate of drug-likeness (QED) is 0.673. The maximum absolute atomic E-state index is 9.99. The van der Waals surface area contributed by atoms with E-state index in [1.54, 1.807) is 13.8 Å². The topological polar surface area (TPSA) is 132 Å². The standard InChI is InChI=1S/C15H13N3O2.H2O/c1-8-12(6-16)15(13(7-17)9(2)18-8)11-5-10(19)3-4-14(11)20;/h3-5,15,18-20H,1-2H3;1H2. The molecule has 2 rings (SSSR count). The Morgan fingerprint density at radius 3 is 2.05 bits per heavy atom. The molecule has 0 spiro atoms. The van der Waals surface area contributed by atoms with Crippen LogP contribution in [-0.2, 0) is 0 Å². The Morgan fingerprint density at radius 1 is 1.05 bits per heavy atom. The first-order chi connectivity index (χ1) is 9.49. The molecule has 0 amide bonds. The summed E-state index contributed by atoms with van der Waals surface area (Å²) in [6.07, 6.45) is 0. The zero-order chi connectivity index (χ0) is 14.9. The highest BCUT2D eigenvalue weighted by Crippen LogP contribution is 2.41. The van der Waals surface area contributed by atoms with Crippen LogP contribution in [0.15, 0.2) is 40.7 Å². The molecule has 1 aliphatic heterocycles. The van der Waals surface area contributed by atoms with E-state index >= 15 is 0 Å². The molecule has 6 heteroatoms. The Bertz CT molecular complexity index is 685. The van der Waals surface area contributed by atoms with Crippen LogP contribution in [0.25, 0.3) is 0 Å². The fourth-order valence-corrected chi connectivity index (χ4v) is 2.37. The van der Waals surface area contributed by atoms with E-state index in [0.717, 1.165) is 0 Å². The molecule has 1 aromatic rings. The van der Waals surface area contributed by atoms with Gasteiger partial charge in [0.15, 0.2) is 0 Å². The fraction of sp³-hybridized carbons (Fsp3) is 0.200. The van der Waals surface area contributed by atoms with Gasteiger partial charge in [-0.05, 0) is 32.0 Å². The third-order valence-electron chi connectivity index (χ3n) is 3.32. The van der Waals surface area contributed by atoms with Crippen molar-refractivity contribution in [2.24, 2.45) is 0 Å². The van der Waals surface area contributed by atoms with Gasteiger partial charge in [0, 0.05) is 17.0 Å². The zero-order valence-electron chi connectivity index (χ0n) is 11.6. The van der Waals surface area contributed by atoms with Gasteiger partial charge in [0.1, 0.15) is 11.5 Å². The fourth-order valence-electron chi connectivity index (χ4n) is 2.37. The van der Waals surface area contributed by atoms with Crippen molar-refractivity contribution in [3.63, 3.8) is 0 Å². The van der Waals surface area contributed by atoms with Gasteiger partial charge in [0.25, 0.3) is 0 Å². The van der Waals surface area contributed by atoms with Crippen molar-refractivity contribution in [1.29, 1.82) is 10.5 Å². The molecule has 1 aromatic carbocycles. The first-order valence-electron chi connectivity index (χ1n) is 6.00. The number of aromatic hydroxyl groups is 2. The third-order valence-corrected chi connectivity index (χ3v) is 3.32. The van der Waals surface area contributed by atoms with E-state index in [0.29, 0.717) is 28.1 Å². The molecule has 6 nitrogen and oxygen atoms in total. The summed E-state index contributed by atoms with van der Waals surface area (Å²) in [7, 11) is 0. The lowest BCUT2D eigenvalue weighted by Gasteiger charge is -2.26. The van der Waals surface area contributed by atoms with Crippen molar-refractivity contribution in [1.82, 2.24) is 5.32 Å². The van der Waals surface area contributed by atoms with E-state index in [-0.39, 0.29) is 17.0 Å². The van der Waals surface area contributed by atoms with Gasteiger partial charge in [0.2, 0.25) is 0 Å². The highest BCUT2D eigenvalue weighted by Gasteiger charge is 2.31. The number of phenols is 2. The van der Waals surface area contributed by atoms with Crippen LogP contribution in [0.2, 0.25) is 0 Å². The Balaban J connectivity index is 0.00000220. The summed E-state index contributed by atoms with van der Waals surface area (Å²) in [4.78, 5) is 0. The lowest BCUT2D eigenvalue weighted by molar-refractivity contribution is 0.453. The van der Waals surface area contributed by atoms with Crippen LogP contribution in [0.4, 0.5) is 0 Å². The van der Waals surface area contributed by atoms with Gasteiger partial charge in [-0.25, -0.2) is 0 Å². The van der Waals surface area contributed by atoms with Gasteiger partial charge in [0.05, 0.1) is 29.2 Å². The number of nitriles is 2. The minimum absolute atomic E-state index is 0. The SMILES string of the molecule is CC1=C(C#N)C(c2cc(O)ccc2O)C(C#N)=C(C)N1.O. The van der Waals surface area contributed by atoms with E-state index in [4.69, 9.17) is 0 Å². The summed E-state index contributed by atoms with van der Waals surface area (Å²) in [6.45, 7) is 3.48. The maximum atomic E-state index is 9.99. The van der Waals surface area contributed by atoms with E-state index < -0.39 is 5.92 Å². The molecule has 0 atom stereocenters. The van der Waals surface area contributed by atoms with Crippen molar-refractivity contribution >= 4 is 0 Å². The molecule has 0 saturated carbocycles. The summed E-state index contributed by atoms with van der Waals surface area (Å²) < 4.78 is 0. The number of allylic oxidation sites excluding steroid dienone is 4. The van der Waals surface area contributed by atoms with Gasteiger partial charge in [-0.15, -0.1) is 0 Å². The van der Waals surface area contributed by atoms with Crippen LogP contribution >= 0.6 is 0 Å². The largest absolute Gasteiger partial charge is 0.508 e. The number of nitrogens with one attached hydrogen (secondary N) is 1. The van der Waals surface area contributed by atoms with Crippen LogP contribution < -0.4 is 5.32 Å². The summed E-state index contributed by atoms with van der Waals surface area (Å²) >= 11 is 0. The minimum Gasteiger partial charge on any atom is -0.508 e. The minimum atomic E-state index is -0.668. The molecule has 0 aromatic heterocycles. The molecular formula is C15H15N3O3. The Kier molecular flexibility index (Phi) is 4.60. The maximum Gasteiger partial charge on any atom is 0.120 e. The van der Waals surface area contributed by atoms with E-state index in [1.807, 2.05) is 0 Å². The molecule has 1 aliphatic rings. The lowest BCUT2D eigenvalue weighted by Crippen LogP contribution is -2.23. The predicted octanol–water partition coefficient (Wildman–Crippen LogP) is 1.56. The number of rotatable bonds is 1. The van der Waals surface area contributed by atoms with Crippen molar-refractivity contribution in [3.05, 3.63) is 46.3 Å². The second-order valence-electron chi connectivity index (χ2n) is 4.60. The van der Waals surface area contributed by atoms with Gasteiger partial charge in [-0.2, -0.15) is 10.5 Å². The van der Waals surface area contributed by atoms with Crippen molar-refractivity contribution in [2.75, 3.05) is 0 Å². The molecule has 0 aliphatic carbocycles. The lowest BCUT2D eigenvalue weighted by atomic mass is 9.81. The average Bonchev–Trinajstić information content (AvgIpc) is 2.41. The van der Waals surface area contributed by atoms with Crippen LogP contribution in [0.5, 0.6) is 11.5 Å². The van der Waals surface area contributed by atoms with Crippen molar-refractivity contribution in [2.45, 2.75) is 19.8 Å². The van der Waals surface area contributed by atoms with Gasteiger partial charge < -0.3 is 21.0 Å². The van der Waals surface area contributed by atoms with E-state index in [9.17, 15) is 20.7 Å². The molecule has 0 bridgehead atoms. The van der Waals surface area contributed by atoms with Gasteiger partial charge >= 0.3 is 0 Å². The highest BCUT2D eigenvalue weighted by atomic mass is 16.3. The molecule has 0 fully saturated rings. The molecule has 1 heterocycles. The average molecular weight is 285 g/mol. The summed E-state index contributed by atoms with van der Waals surface area (Å²) in [5.74, 6) is -0.754. The van der Waals surface area contributed by atoms with Crippen LogP contribution in [0.1, 0.15) is 25.3 Å².